The van der Waals surface area contributed by atoms with Gasteiger partial charge in [0.25, 0.3) is 0 Å². The van der Waals surface area contributed by atoms with E-state index in [1.165, 1.54) is 36.3 Å². The first-order valence-corrected chi connectivity index (χ1v) is 9.32. The predicted octanol–water partition coefficient (Wildman–Crippen LogP) is 4.09. The maximum Gasteiger partial charge on any atom is 0.323 e. The first kappa shape index (κ1) is 17.7. The van der Waals surface area contributed by atoms with Gasteiger partial charge in [-0.05, 0) is 49.9 Å². The van der Waals surface area contributed by atoms with Crippen LogP contribution in [-0.4, -0.2) is 36.1 Å². The Morgan fingerprint density at radius 3 is 2.84 bits per heavy atom. The molecule has 1 aromatic carbocycles. The second-order valence-corrected chi connectivity index (χ2v) is 7.19. The van der Waals surface area contributed by atoms with E-state index < -0.39 is 0 Å². The van der Waals surface area contributed by atoms with Crippen LogP contribution in [0.15, 0.2) is 24.3 Å². The van der Waals surface area contributed by atoms with E-state index in [4.69, 9.17) is 4.74 Å². The lowest BCUT2D eigenvalue weighted by atomic mass is 10.2. The van der Waals surface area contributed by atoms with E-state index in [0.29, 0.717) is 24.0 Å². The summed E-state index contributed by atoms with van der Waals surface area (Å²) >= 11 is 1.58. The van der Waals surface area contributed by atoms with E-state index in [1.54, 1.807) is 35.4 Å². The molecule has 0 unspecified atom stereocenters. The number of anilines is 1. The number of hydrogen-bond acceptors (Lipinski definition) is 4. The van der Waals surface area contributed by atoms with E-state index in [9.17, 15) is 9.18 Å². The zero-order valence-electron chi connectivity index (χ0n) is 14.3. The minimum atomic E-state index is -0.300. The highest BCUT2D eigenvalue weighted by Gasteiger charge is 2.16. The Bertz CT molecular complexity index is 694. The number of urea groups is 1. The molecular weight excluding hydrogens is 341 g/mol. The molecule has 1 N–H and O–H groups in total. The molecule has 0 fully saturated rings. The lowest BCUT2D eigenvalue weighted by Crippen LogP contribution is -2.34. The Labute approximate surface area is 150 Å². The highest BCUT2D eigenvalue weighted by molar-refractivity contribution is 7.15. The molecule has 0 saturated carbocycles. The highest BCUT2D eigenvalue weighted by Crippen LogP contribution is 2.29. The van der Waals surface area contributed by atoms with Gasteiger partial charge in [-0.1, -0.05) is 6.42 Å². The van der Waals surface area contributed by atoms with Gasteiger partial charge in [-0.25, -0.2) is 14.2 Å². The summed E-state index contributed by atoms with van der Waals surface area (Å²) in [6.45, 7) is 0.762. The van der Waals surface area contributed by atoms with Crippen molar-refractivity contribution in [3.05, 3.63) is 40.7 Å². The number of aromatic nitrogens is 1. The zero-order valence-corrected chi connectivity index (χ0v) is 15.1. The van der Waals surface area contributed by atoms with E-state index in [1.807, 2.05) is 0 Å². The fraction of sp³-hybridized carbons (Fsp3) is 0.444. The molecule has 0 atom stereocenters. The van der Waals surface area contributed by atoms with E-state index in [-0.39, 0.29) is 11.8 Å². The Kier molecular flexibility index (Phi) is 5.86. The van der Waals surface area contributed by atoms with Crippen molar-refractivity contribution in [3.8, 4) is 5.75 Å². The van der Waals surface area contributed by atoms with Gasteiger partial charge in [-0.2, -0.15) is 0 Å². The second kappa shape index (κ2) is 8.29. The van der Waals surface area contributed by atoms with Crippen LogP contribution in [-0.2, 0) is 12.8 Å². The van der Waals surface area contributed by atoms with Crippen LogP contribution in [0.25, 0.3) is 0 Å². The summed E-state index contributed by atoms with van der Waals surface area (Å²) in [5.41, 5.74) is 1.14. The maximum atomic E-state index is 12.8. The van der Waals surface area contributed by atoms with Crippen LogP contribution in [0.2, 0.25) is 0 Å². The van der Waals surface area contributed by atoms with Crippen molar-refractivity contribution in [2.45, 2.75) is 32.1 Å². The first-order chi connectivity index (χ1) is 12.1. The third-order valence-electron chi connectivity index (χ3n) is 4.17. The van der Waals surface area contributed by atoms with Gasteiger partial charge in [0.2, 0.25) is 0 Å². The second-order valence-electron chi connectivity index (χ2n) is 6.10. The molecule has 25 heavy (non-hydrogen) atoms. The van der Waals surface area contributed by atoms with Gasteiger partial charge in [0.15, 0.2) is 5.13 Å². The number of benzene rings is 1. The number of carbonyl (C=O) groups excluding carboxylic acids is 1. The minimum Gasteiger partial charge on any atom is -0.492 e. The van der Waals surface area contributed by atoms with Gasteiger partial charge in [-0.15, -0.1) is 11.3 Å². The molecule has 134 valence electrons. The number of nitrogens with zero attached hydrogens (tertiary/aromatic N) is 2. The molecule has 3 rings (SSSR count). The van der Waals surface area contributed by atoms with Gasteiger partial charge < -0.3 is 9.64 Å². The van der Waals surface area contributed by atoms with Gasteiger partial charge in [0.1, 0.15) is 18.2 Å². The minimum absolute atomic E-state index is 0.202. The van der Waals surface area contributed by atoms with Crippen molar-refractivity contribution in [1.82, 2.24) is 9.88 Å². The summed E-state index contributed by atoms with van der Waals surface area (Å²) in [6.07, 6.45) is 5.68. The molecule has 2 amide bonds. The normalized spacial score (nSPS) is 13.7. The molecular formula is C18H22FN3O2S. The highest BCUT2D eigenvalue weighted by atomic mass is 32.1. The summed E-state index contributed by atoms with van der Waals surface area (Å²) in [5.74, 6) is 0.282. The molecule has 0 saturated heterocycles. The molecule has 0 radical (unpaired) electrons. The van der Waals surface area contributed by atoms with Crippen LogP contribution in [0.3, 0.4) is 0 Å². The summed E-state index contributed by atoms with van der Waals surface area (Å²) < 4.78 is 18.3. The van der Waals surface area contributed by atoms with Crippen molar-refractivity contribution in [3.63, 3.8) is 0 Å². The smallest absolute Gasteiger partial charge is 0.323 e. The van der Waals surface area contributed by atoms with Crippen LogP contribution in [0.1, 0.15) is 29.8 Å². The van der Waals surface area contributed by atoms with E-state index >= 15 is 0 Å². The molecule has 0 bridgehead atoms. The molecule has 0 spiro atoms. The number of thiazole rings is 1. The number of halogens is 1. The SMILES string of the molecule is CN(CCOc1ccc(F)cc1)C(=O)Nc1nc2c(s1)CCCCC2. The number of hydrogen-bond donors (Lipinski definition) is 1. The van der Waals surface area contributed by atoms with Gasteiger partial charge in [-0.3, -0.25) is 5.32 Å². The molecule has 1 aliphatic rings. The molecule has 7 heteroatoms. The maximum absolute atomic E-state index is 12.8. The van der Waals surface area contributed by atoms with Crippen LogP contribution in [0.4, 0.5) is 14.3 Å². The number of rotatable bonds is 5. The zero-order chi connectivity index (χ0) is 17.6. The Hall–Kier alpha value is -2.15. The standard InChI is InChI=1S/C18H22FN3O2S/c1-22(11-12-24-14-9-7-13(19)8-10-14)18(23)21-17-20-15-5-3-2-4-6-16(15)25-17/h7-10H,2-6,11-12H2,1H3,(H,20,21,23). The summed E-state index contributed by atoms with van der Waals surface area (Å²) in [7, 11) is 1.71. The molecule has 5 nitrogen and oxygen atoms in total. The number of ether oxygens (including phenoxy) is 1. The van der Waals surface area contributed by atoms with E-state index in [2.05, 4.69) is 10.3 Å². The summed E-state index contributed by atoms with van der Waals surface area (Å²) in [6, 6.07) is 5.62. The Balaban J connectivity index is 1.46. The Morgan fingerprint density at radius 1 is 1.28 bits per heavy atom. The van der Waals surface area contributed by atoms with Gasteiger partial charge in [0.05, 0.1) is 12.2 Å². The van der Waals surface area contributed by atoms with Crippen LogP contribution >= 0.6 is 11.3 Å². The summed E-state index contributed by atoms with van der Waals surface area (Å²) in [5, 5.41) is 3.53. The van der Waals surface area contributed by atoms with Crippen LogP contribution < -0.4 is 10.1 Å². The monoisotopic (exact) mass is 363 g/mol. The number of aryl methyl sites for hydroxylation is 2. The lowest BCUT2D eigenvalue weighted by Gasteiger charge is -2.17. The average Bonchev–Trinajstić information content (AvgIpc) is 2.84. The molecule has 1 heterocycles. The van der Waals surface area contributed by atoms with Crippen molar-refractivity contribution in [1.29, 1.82) is 0 Å². The third kappa shape index (κ3) is 4.92. The molecule has 1 aliphatic carbocycles. The molecule has 2 aromatic rings. The number of fused-ring (bicyclic) bond motifs is 1. The largest absolute Gasteiger partial charge is 0.492 e. The fourth-order valence-electron chi connectivity index (χ4n) is 2.70. The first-order valence-electron chi connectivity index (χ1n) is 8.51. The van der Waals surface area contributed by atoms with Gasteiger partial charge in [0, 0.05) is 11.9 Å². The number of likely N-dealkylation sites (N-methyl/N-ethyl adjacent to an activating group) is 1. The number of carbonyl (C=O) groups is 1. The average molecular weight is 363 g/mol. The van der Waals surface area contributed by atoms with Crippen molar-refractivity contribution in [2.24, 2.45) is 0 Å². The lowest BCUT2D eigenvalue weighted by molar-refractivity contribution is 0.207. The molecule has 1 aromatic heterocycles. The van der Waals surface area contributed by atoms with Crippen LogP contribution in [0.5, 0.6) is 5.75 Å². The van der Waals surface area contributed by atoms with E-state index in [0.717, 1.165) is 18.5 Å². The Morgan fingerprint density at radius 2 is 2.04 bits per heavy atom. The van der Waals surface area contributed by atoms with Crippen molar-refractivity contribution >= 4 is 22.5 Å². The van der Waals surface area contributed by atoms with Crippen molar-refractivity contribution in [2.75, 3.05) is 25.5 Å². The number of nitrogens with one attached hydrogen (secondary N) is 1. The predicted molar refractivity (Wildman–Crippen MR) is 96.9 cm³/mol. The fourth-order valence-corrected chi connectivity index (χ4v) is 3.74. The number of amides is 2. The summed E-state index contributed by atoms with van der Waals surface area (Å²) in [4.78, 5) is 19.7. The topological polar surface area (TPSA) is 54.5 Å². The van der Waals surface area contributed by atoms with Gasteiger partial charge >= 0.3 is 6.03 Å². The van der Waals surface area contributed by atoms with Crippen LogP contribution in [0, 0.1) is 5.82 Å². The quantitative estimate of drug-likeness (QED) is 0.814. The third-order valence-corrected chi connectivity index (χ3v) is 5.24. The van der Waals surface area contributed by atoms with Crippen molar-refractivity contribution < 1.29 is 13.9 Å². The molecule has 0 aliphatic heterocycles.